The first-order valence-corrected chi connectivity index (χ1v) is 7.34. The van der Waals surface area contributed by atoms with E-state index in [1.165, 1.54) is 64.7 Å². The Bertz CT molecular complexity index is 178. The molecule has 1 unspecified atom stereocenters. The molecule has 0 radical (unpaired) electrons. The zero-order valence-corrected chi connectivity index (χ0v) is 12.0. The van der Waals surface area contributed by atoms with Crippen molar-refractivity contribution in [2.24, 2.45) is 5.92 Å². The lowest BCUT2D eigenvalue weighted by Gasteiger charge is -2.16. The summed E-state index contributed by atoms with van der Waals surface area (Å²) in [6.07, 6.45) is 11.5. The summed E-state index contributed by atoms with van der Waals surface area (Å²) in [5.74, 6) is 0.443. The van der Waals surface area contributed by atoms with Crippen LogP contribution in [-0.4, -0.2) is 12.6 Å². The fourth-order valence-electron chi connectivity index (χ4n) is 2.08. The van der Waals surface area contributed by atoms with Crippen LogP contribution in [0.1, 0.15) is 78.6 Å². The van der Waals surface area contributed by atoms with E-state index in [9.17, 15) is 4.79 Å². The van der Waals surface area contributed by atoms with E-state index >= 15 is 0 Å². The van der Waals surface area contributed by atoms with Crippen LogP contribution >= 0.6 is 0 Å². The fraction of sp³-hybridized carbons (Fsp3) is 0.933. The van der Waals surface area contributed by atoms with Crippen LogP contribution < -0.4 is 0 Å². The Kier molecular flexibility index (Phi) is 11.6. The molecule has 0 spiro atoms. The highest BCUT2D eigenvalue weighted by Gasteiger charge is 2.09. The van der Waals surface area contributed by atoms with Crippen molar-refractivity contribution in [1.82, 2.24) is 0 Å². The minimum atomic E-state index is -0.141. The summed E-state index contributed by atoms with van der Waals surface area (Å²) in [5, 5.41) is 0. The Labute approximate surface area is 107 Å². The molecular formula is C15H30O2. The van der Waals surface area contributed by atoms with Gasteiger partial charge in [-0.05, 0) is 18.8 Å². The van der Waals surface area contributed by atoms with Crippen molar-refractivity contribution >= 4 is 5.97 Å². The SMILES string of the molecule is CCCCCCCC(CCCC)COC(C)=O. The summed E-state index contributed by atoms with van der Waals surface area (Å²) in [6.45, 7) is 6.58. The Morgan fingerprint density at radius 3 is 2.12 bits per heavy atom. The van der Waals surface area contributed by atoms with Gasteiger partial charge in [0.25, 0.3) is 0 Å². The molecule has 102 valence electrons. The molecule has 0 aromatic heterocycles. The first-order valence-electron chi connectivity index (χ1n) is 7.34. The van der Waals surface area contributed by atoms with Crippen molar-refractivity contribution in [3.8, 4) is 0 Å². The Balaban J connectivity index is 3.64. The number of unbranched alkanes of at least 4 members (excludes halogenated alkanes) is 5. The quantitative estimate of drug-likeness (QED) is 0.387. The van der Waals surface area contributed by atoms with Crippen molar-refractivity contribution in [2.45, 2.75) is 78.6 Å². The molecule has 0 N–H and O–H groups in total. The molecule has 2 nitrogen and oxygen atoms in total. The predicted octanol–water partition coefficient (Wildman–Crippen LogP) is 4.72. The topological polar surface area (TPSA) is 26.3 Å². The average molecular weight is 242 g/mol. The third-order valence-corrected chi connectivity index (χ3v) is 3.20. The molecule has 0 aromatic rings. The van der Waals surface area contributed by atoms with Crippen molar-refractivity contribution in [2.75, 3.05) is 6.61 Å². The molecule has 0 rings (SSSR count). The second kappa shape index (κ2) is 11.9. The van der Waals surface area contributed by atoms with Gasteiger partial charge in [0, 0.05) is 6.92 Å². The van der Waals surface area contributed by atoms with Gasteiger partial charge in [0.05, 0.1) is 6.61 Å². The van der Waals surface area contributed by atoms with Crippen LogP contribution in [0, 0.1) is 5.92 Å². The summed E-state index contributed by atoms with van der Waals surface area (Å²) in [7, 11) is 0. The van der Waals surface area contributed by atoms with Gasteiger partial charge in [0.1, 0.15) is 0 Å². The first kappa shape index (κ1) is 16.5. The van der Waals surface area contributed by atoms with Gasteiger partial charge in [-0.25, -0.2) is 0 Å². The maximum absolute atomic E-state index is 10.8. The molecule has 0 amide bonds. The van der Waals surface area contributed by atoms with Gasteiger partial charge >= 0.3 is 5.97 Å². The largest absolute Gasteiger partial charge is 0.466 e. The second-order valence-electron chi connectivity index (χ2n) is 5.01. The van der Waals surface area contributed by atoms with E-state index in [0.29, 0.717) is 12.5 Å². The molecule has 17 heavy (non-hydrogen) atoms. The average Bonchev–Trinajstić information content (AvgIpc) is 2.31. The third kappa shape index (κ3) is 11.7. The van der Waals surface area contributed by atoms with Crippen molar-refractivity contribution in [3.63, 3.8) is 0 Å². The summed E-state index contributed by atoms with van der Waals surface area (Å²) in [6, 6.07) is 0. The third-order valence-electron chi connectivity index (χ3n) is 3.20. The highest BCUT2D eigenvalue weighted by molar-refractivity contribution is 5.65. The van der Waals surface area contributed by atoms with Crippen LogP contribution in [0.5, 0.6) is 0 Å². The summed E-state index contributed by atoms with van der Waals surface area (Å²) < 4.78 is 5.14. The van der Waals surface area contributed by atoms with Crippen molar-refractivity contribution in [3.05, 3.63) is 0 Å². The minimum Gasteiger partial charge on any atom is -0.466 e. The normalized spacial score (nSPS) is 12.4. The number of hydrogen-bond acceptors (Lipinski definition) is 2. The molecule has 1 atom stereocenters. The van der Waals surface area contributed by atoms with Crippen LogP contribution in [0.4, 0.5) is 0 Å². The number of hydrogen-bond donors (Lipinski definition) is 0. The van der Waals surface area contributed by atoms with Crippen molar-refractivity contribution in [1.29, 1.82) is 0 Å². The maximum Gasteiger partial charge on any atom is 0.302 e. The molecule has 0 saturated carbocycles. The van der Waals surface area contributed by atoms with Gasteiger partial charge in [0.2, 0.25) is 0 Å². The summed E-state index contributed by atoms with van der Waals surface area (Å²) in [4.78, 5) is 10.8. The van der Waals surface area contributed by atoms with Gasteiger partial charge in [-0.15, -0.1) is 0 Å². The lowest BCUT2D eigenvalue weighted by molar-refractivity contribution is -0.142. The standard InChI is InChI=1S/C15H30O2/c1-4-6-8-9-10-12-15(11-7-5-2)13-17-14(3)16/h15H,4-13H2,1-3H3. The number of rotatable bonds is 11. The Morgan fingerprint density at radius 1 is 0.941 bits per heavy atom. The van der Waals surface area contributed by atoms with E-state index in [4.69, 9.17) is 4.74 Å². The second-order valence-corrected chi connectivity index (χ2v) is 5.01. The zero-order chi connectivity index (χ0) is 12.9. The van der Waals surface area contributed by atoms with E-state index in [1.54, 1.807) is 0 Å². The molecule has 0 aliphatic carbocycles. The van der Waals surface area contributed by atoms with Gasteiger partial charge < -0.3 is 4.74 Å². The number of carbonyl (C=O) groups excluding carboxylic acids is 1. The van der Waals surface area contributed by atoms with E-state index in [2.05, 4.69) is 13.8 Å². The van der Waals surface area contributed by atoms with Crippen LogP contribution in [0.2, 0.25) is 0 Å². The van der Waals surface area contributed by atoms with Gasteiger partial charge in [0.15, 0.2) is 0 Å². The van der Waals surface area contributed by atoms with Gasteiger partial charge in [-0.3, -0.25) is 4.79 Å². The lowest BCUT2D eigenvalue weighted by Crippen LogP contribution is -2.12. The molecule has 0 heterocycles. The molecular weight excluding hydrogens is 212 g/mol. The molecule has 0 fully saturated rings. The predicted molar refractivity (Wildman–Crippen MR) is 73.0 cm³/mol. The zero-order valence-electron chi connectivity index (χ0n) is 12.0. The highest BCUT2D eigenvalue weighted by atomic mass is 16.5. The van der Waals surface area contributed by atoms with Crippen LogP contribution in [0.25, 0.3) is 0 Å². The molecule has 2 heteroatoms. The smallest absolute Gasteiger partial charge is 0.302 e. The Hall–Kier alpha value is -0.530. The first-order chi connectivity index (χ1) is 8.20. The molecule has 0 aliphatic rings. The van der Waals surface area contributed by atoms with Crippen LogP contribution in [-0.2, 0) is 9.53 Å². The van der Waals surface area contributed by atoms with E-state index in [-0.39, 0.29) is 5.97 Å². The molecule has 0 aromatic carbocycles. The fourth-order valence-corrected chi connectivity index (χ4v) is 2.08. The number of carbonyl (C=O) groups is 1. The Morgan fingerprint density at radius 2 is 1.53 bits per heavy atom. The van der Waals surface area contributed by atoms with Gasteiger partial charge in [-0.2, -0.15) is 0 Å². The van der Waals surface area contributed by atoms with Crippen LogP contribution in [0.15, 0.2) is 0 Å². The number of ether oxygens (including phenoxy) is 1. The molecule has 0 saturated heterocycles. The monoisotopic (exact) mass is 242 g/mol. The highest BCUT2D eigenvalue weighted by Crippen LogP contribution is 2.18. The summed E-state index contributed by atoms with van der Waals surface area (Å²) >= 11 is 0. The lowest BCUT2D eigenvalue weighted by atomic mass is 9.96. The summed E-state index contributed by atoms with van der Waals surface area (Å²) in [5.41, 5.74) is 0. The molecule has 0 aliphatic heterocycles. The molecule has 0 bridgehead atoms. The number of esters is 1. The van der Waals surface area contributed by atoms with Crippen LogP contribution in [0.3, 0.4) is 0 Å². The van der Waals surface area contributed by atoms with Crippen molar-refractivity contribution < 1.29 is 9.53 Å². The minimum absolute atomic E-state index is 0.141. The van der Waals surface area contributed by atoms with E-state index in [1.807, 2.05) is 0 Å². The maximum atomic E-state index is 10.8. The van der Waals surface area contributed by atoms with Gasteiger partial charge in [-0.1, -0.05) is 58.8 Å². The van der Waals surface area contributed by atoms with E-state index < -0.39 is 0 Å². The van der Waals surface area contributed by atoms with E-state index in [0.717, 1.165) is 0 Å².